The number of hydrogen-bond donors (Lipinski definition) is 2. The van der Waals surface area contributed by atoms with Crippen molar-refractivity contribution in [3.8, 4) is 0 Å². The Morgan fingerprint density at radius 1 is 1.44 bits per heavy atom. The van der Waals surface area contributed by atoms with Crippen LogP contribution in [-0.4, -0.2) is 29.1 Å². The Kier molecular flexibility index (Phi) is 5.96. The van der Waals surface area contributed by atoms with Crippen LogP contribution in [0.3, 0.4) is 0 Å². The van der Waals surface area contributed by atoms with Gasteiger partial charge in [-0.15, -0.1) is 0 Å². The van der Waals surface area contributed by atoms with E-state index in [0.29, 0.717) is 6.54 Å². The molecular formula is C12H17NO2S. The molecule has 16 heavy (non-hydrogen) atoms. The van der Waals surface area contributed by atoms with Crippen molar-refractivity contribution in [1.29, 1.82) is 0 Å². The van der Waals surface area contributed by atoms with E-state index in [1.165, 1.54) is 0 Å². The van der Waals surface area contributed by atoms with E-state index in [0.717, 1.165) is 17.1 Å². The minimum atomic E-state index is -0.826. The highest BCUT2D eigenvalue weighted by Crippen LogP contribution is 2.12. The summed E-state index contributed by atoms with van der Waals surface area (Å²) < 4.78 is 0. The molecule has 1 aromatic carbocycles. The van der Waals surface area contributed by atoms with Gasteiger partial charge in [0.15, 0.2) is 0 Å². The molecule has 0 unspecified atom stereocenters. The highest BCUT2D eigenvalue weighted by Gasteiger charge is 2.17. The summed E-state index contributed by atoms with van der Waals surface area (Å²) >= 11 is 1.80. The first kappa shape index (κ1) is 13.1. The molecule has 0 spiro atoms. The first-order valence-electron chi connectivity index (χ1n) is 5.34. The minimum Gasteiger partial charge on any atom is -0.480 e. The SMILES string of the molecule is CCSCCN[C@@H](C(=O)O)c1ccccc1. The van der Waals surface area contributed by atoms with Crippen LogP contribution in [0.2, 0.25) is 0 Å². The maximum atomic E-state index is 11.1. The molecule has 4 heteroatoms. The summed E-state index contributed by atoms with van der Waals surface area (Å²) in [6, 6.07) is 8.66. The van der Waals surface area contributed by atoms with Gasteiger partial charge in [0, 0.05) is 12.3 Å². The van der Waals surface area contributed by atoms with Gasteiger partial charge in [-0.1, -0.05) is 37.3 Å². The molecule has 0 saturated heterocycles. The Morgan fingerprint density at radius 3 is 2.69 bits per heavy atom. The van der Waals surface area contributed by atoms with E-state index in [4.69, 9.17) is 5.11 Å². The van der Waals surface area contributed by atoms with Crippen LogP contribution >= 0.6 is 11.8 Å². The molecule has 88 valence electrons. The second kappa shape index (κ2) is 7.30. The Balaban J connectivity index is 2.52. The fourth-order valence-corrected chi connectivity index (χ4v) is 1.96. The predicted molar refractivity (Wildman–Crippen MR) is 67.8 cm³/mol. The molecule has 0 aliphatic heterocycles. The van der Waals surface area contributed by atoms with Gasteiger partial charge in [0.2, 0.25) is 0 Å². The molecule has 0 aliphatic rings. The van der Waals surface area contributed by atoms with Crippen LogP contribution in [-0.2, 0) is 4.79 Å². The van der Waals surface area contributed by atoms with Crippen molar-refractivity contribution in [2.24, 2.45) is 0 Å². The topological polar surface area (TPSA) is 49.3 Å². The smallest absolute Gasteiger partial charge is 0.325 e. The van der Waals surface area contributed by atoms with E-state index in [1.807, 2.05) is 30.3 Å². The number of thioether (sulfide) groups is 1. The third-order valence-corrected chi connectivity index (χ3v) is 3.08. The molecule has 2 N–H and O–H groups in total. The van der Waals surface area contributed by atoms with Gasteiger partial charge >= 0.3 is 5.97 Å². The van der Waals surface area contributed by atoms with Crippen molar-refractivity contribution in [2.75, 3.05) is 18.1 Å². The molecule has 0 amide bonds. The first-order valence-corrected chi connectivity index (χ1v) is 6.50. The molecule has 0 fully saturated rings. The molecule has 1 atom stereocenters. The summed E-state index contributed by atoms with van der Waals surface area (Å²) in [5.41, 5.74) is 0.802. The lowest BCUT2D eigenvalue weighted by Gasteiger charge is -2.14. The average molecular weight is 239 g/mol. The van der Waals surface area contributed by atoms with E-state index < -0.39 is 12.0 Å². The highest BCUT2D eigenvalue weighted by atomic mass is 32.2. The fraction of sp³-hybridized carbons (Fsp3) is 0.417. The summed E-state index contributed by atoms with van der Waals surface area (Å²) in [6.45, 7) is 2.81. The third-order valence-electron chi connectivity index (χ3n) is 2.18. The van der Waals surface area contributed by atoms with Crippen molar-refractivity contribution >= 4 is 17.7 Å². The highest BCUT2D eigenvalue weighted by molar-refractivity contribution is 7.99. The van der Waals surface area contributed by atoms with Crippen LogP contribution in [0, 0.1) is 0 Å². The molecule has 1 aromatic rings. The molecule has 1 rings (SSSR count). The van der Waals surface area contributed by atoms with Crippen molar-refractivity contribution in [3.63, 3.8) is 0 Å². The largest absolute Gasteiger partial charge is 0.480 e. The van der Waals surface area contributed by atoms with Crippen molar-refractivity contribution in [3.05, 3.63) is 35.9 Å². The lowest BCUT2D eigenvalue weighted by Crippen LogP contribution is -2.30. The van der Waals surface area contributed by atoms with Gasteiger partial charge in [-0.05, 0) is 11.3 Å². The molecule has 0 saturated carbocycles. The van der Waals surface area contributed by atoms with Crippen molar-refractivity contribution < 1.29 is 9.90 Å². The van der Waals surface area contributed by atoms with Gasteiger partial charge in [0.1, 0.15) is 6.04 Å². The maximum Gasteiger partial charge on any atom is 0.325 e. The molecule has 0 radical (unpaired) electrons. The zero-order chi connectivity index (χ0) is 11.8. The first-order chi connectivity index (χ1) is 7.75. The van der Waals surface area contributed by atoms with Crippen LogP contribution in [0.5, 0.6) is 0 Å². The fourth-order valence-electron chi connectivity index (χ4n) is 1.41. The van der Waals surface area contributed by atoms with Crippen LogP contribution in [0.4, 0.5) is 0 Å². The predicted octanol–water partition coefficient (Wildman–Crippen LogP) is 2.16. The molecule has 0 aliphatic carbocycles. The maximum absolute atomic E-state index is 11.1. The van der Waals surface area contributed by atoms with E-state index in [1.54, 1.807) is 11.8 Å². The Morgan fingerprint density at radius 2 is 2.12 bits per heavy atom. The van der Waals surface area contributed by atoms with Gasteiger partial charge < -0.3 is 5.11 Å². The number of hydrogen-bond acceptors (Lipinski definition) is 3. The average Bonchev–Trinajstić information content (AvgIpc) is 2.30. The van der Waals surface area contributed by atoms with E-state index in [-0.39, 0.29) is 0 Å². The standard InChI is InChI=1S/C12H17NO2S/c1-2-16-9-8-13-11(12(14)15)10-6-4-3-5-7-10/h3-7,11,13H,2,8-9H2,1H3,(H,14,15)/t11-/m1/s1. The van der Waals surface area contributed by atoms with Crippen LogP contribution < -0.4 is 5.32 Å². The number of nitrogens with one attached hydrogen (secondary N) is 1. The van der Waals surface area contributed by atoms with E-state index in [2.05, 4.69) is 12.2 Å². The molecule has 0 heterocycles. The van der Waals surface area contributed by atoms with Crippen LogP contribution in [0.25, 0.3) is 0 Å². The van der Waals surface area contributed by atoms with E-state index in [9.17, 15) is 4.79 Å². The summed E-state index contributed by atoms with van der Waals surface area (Å²) in [5, 5.41) is 12.2. The Labute approximate surface area is 100 Å². The minimum absolute atomic E-state index is 0.598. The molecular weight excluding hydrogens is 222 g/mol. The lowest BCUT2D eigenvalue weighted by atomic mass is 10.1. The normalized spacial score (nSPS) is 12.3. The zero-order valence-electron chi connectivity index (χ0n) is 9.35. The quantitative estimate of drug-likeness (QED) is 0.716. The Hall–Kier alpha value is -1.00. The van der Waals surface area contributed by atoms with Gasteiger partial charge in [0.05, 0.1) is 0 Å². The van der Waals surface area contributed by atoms with Gasteiger partial charge in [0.25, 0.3) is 0 Å². The summed E-state index contributed by atoms with van der Waals surface area (Å²) in [7, 11) is 0. The van der Waals surface area contributed by atoms with E-state index >= 15 is 0 Å². The van der Waals surface area contributed by atoms with Crippen molar-refractivity contribution in [2.45, 2.75) is 13.0 Å². The van der Waals surface area contributed by atoms with Crippen LogP contribution in [0.1, 0.15) is 18.5 Å². The zero-order valence-corrected chi connectivity index (χ0v) is 10.2. The summed E-state index contributed by atoms with van der Waals surface area (Å²) in [6.07, 6.45) is 0. The number of carbonyl (C=O) groups is 1. The number of benzene rings is 1. The number of rotatable bonds is 7. The summed E-state index contributed by atoms with van der Waals surface area (Å²) in [4.78, 5) is 11.1. The van der Waals surface area contributed by atoms with Crippen LogP contribution in [0.15, 0.2) is 30.3 Å². The Bertz CT molecular complexity index is 316. The molecule has 3 nitrogen and oxygen atoms in total. The van der Waals surface area contributed by atoms with Gasteiger partial charge in [-0.2, -0.15) is 11.8 Å². The van der Waals surface area contributed by atoms with Gasteiger partial charge in [-0.3, -0.25) is 10.1 Å². The third kappa shape index (κ3) is 4.24. The molecule has 0 aromatic heterocycles. The number of carboxylic acid groups (broad SMARTS) is 1. The second-order valence-corrected chi connectivity index (χ2v) is 4.73. The lowest BCUT2D eigenvalue weighted by molar-refractivity contribution is -0.139. The summed E-state index contributed by atoms with van der Waals surface area (Å²) in [5.74, 6) is 1.17. The monoisotopic (exact) mass is 239 g/mol. The molecule has 0 bridgehead atoms. The van der Waals surface area contributed by atoms with Crippen molar-refractivity contribution in [1.82, 2.24) is 5.32 Å². The number of aliphatic carboxylic acids is 1. The number of carboxylic acids is 1. The second-order valence-electron chi connectivity index (χ2n) is 3.33. The van der Waals surface area contributed by atoms with Gasteiger partial charge in [-0.25, -0.2) is 0 Å².